The quantitative estimate of drug-likeness (QED) is 0.600. The number of urea groups is 1. The van der Waals surface area contributed by atoms with E-state index in [2.05, 4.69) is 15.5 Å². The molecule has 1 aromatic carbocycles. The third kappa shape index (κ3) is 3.45. The van der Waals surface area contributed by atoms with Gasteiger partial charge >= 0.3 is 12.0 Å². The van der Waals surface area contributed by atoms with E-state index in [1.54, 1.807) is 24.3 Å². The van der Waals surface area contributed by atoms with Gasteiger partial charge < -0.3 is 14.6 Å². The molecule has 0 atom stereocenters. The van der Waals surface area contributed by atoms with Gasteiger partial charge in [-0.2, -0.15) is 4.98 Å². The molecule has 2 heterocycles. The Morgan fingerprint density at radius 3 is 2.86 bits per heavy atom. The molecule has 0 radical (unpaired) electrons. The van der Waals surface area contributed by atoms with Crippen molar-refractivity contribution in [3.05, 3.63) is 35.2 Å². The summed E-state index contributed by atoms with van der Waals surface area (Å²) in [5, 5.41) is 7.06. The average molecular weight is 405 g/mol. The zero-order valence-corrected chi connectivity index (χ0v) is 15.6. The van der Waals surface area contributed by atoms with Gasteiger partial charge in [0, 0.05) is 10.6 Å². The summed E-state index contributed by atoms with van der Waals surface area (Å²) in [4.78, 5) is 41.7. The Balaban J connectivity index is 1.34. The monoisotopic (exact) mass is 404 g/mol. The molecule has 1 N–H and O–H groups in total. The molecule has 2 fully saturated rings. The highest BCUT2D eigenvalue weighted by atomic mass is 35.5. The lowest BCUT2D eigenvalue weighted by atomic mass is 9.98. The number of amides is 3. The highest BCUT2D eigenvalue weighted by Gasteiger charge is 2.52. The first kappa shape index (κ1) is 18.4. The maximum Gasteiger partial charge on any atom is 0.326 e. The van der Waals surface area contributed by atoms with Gasteiger partial charge in [0.2, 0.25) is 5.82 Å². The molecule has 0 bridgehead atoms. The van der Waals surface area contributed by atoms with E-state index in [-0.39, 0.29) is 18.4 Å². The molecular weight excluding hydrogens is 388 g/mol. The van der Waals surface area contributed by atoms with Gasteiger partial charge in [-0.25, -0.2) is 4.79 Å². The van der Waals surface area contributed by atoms with Crippen molar-refractivity contribution in [2.45, 2.75) is 37.8 Å². The van der Waals surface area contributed by atoms with E-state index in [0.29, 0.717) is 29.3 Å². The van der Waals surface area contributed by atoms with Crippen LogP contribution in [0.25, 0.3) is 11.4 Å². The maximum atomic E-state index is 12.5. The Hall–Kier alpha value is -2.94. The summed E-state index contributed by atoms with van der Waals surface area (Å²) in [7, 11) is 0. The van der Waals surface area contributed by atoms with Crippen molar-refractivity contribution in [3.63, 3.8) is 0 Å². The molecule has 2 aliphatic rings. The molecule has 10 heteroatoms. The minimum Gasteiger partial charge on any atom is -0.454 e. The van der Waals surface area contributed by atoms with Gasteiger partial charge in [0.15, 0.2) is 6.61 Å². The van der Waals surface area contributed by atoms with Crippen LogP contribution in [0, 0.1) is 0 Å². The van der Waals surface area contributed by atoms with Crippen LogP contribution in [-0.4, -0.2) is 45.0 Å². The minimum atomic E-state index is -0.851. The molecule has 28 heavy (non-hydrogen) atoms. The van der Waals surface area contributed by atoms with Crippen LogP contribution >= 0.6 is 11.6 Å². The molecule has 1 aromatic heterocycles. The molecule has 1 spiro atoms. The zero-order valence-electron chi connectivity index (χ0n) is 14.8. The van der Waals surface area contributed by atoms with Crippen molar-refractivity contribution >= 4 is 29.5 Å². The molecule has 1 saturated carbocycles. The Morgan fingerprint density at radius 2 is 2.11 bits per heavy atom. The molecule has 4 rings (SSSR count). The van der Waals surface area contributed by atoms with Crippen molar-refractivity contribution in [3.8, 4) is 11.4 Å². The van der Waals surface area contributed by atoms with Crippen LogP contribution in [-0.2, 0) is 20.9 Å². The number of nitrogens with zero attached hydrogens (tertiary/aromatic N) is 3. The fourth-order valence-corrected chi connectivity index (χ4v) is 3.70. The number of imide groups is 1. The van der Waals surface area contributed by atoms with E-state index in [1.165, 1.54) is 0 Å². The van der Waals surface area contributed by atoms with Crippen LogP contribution in [0.15, 0.2) is 28.8 Å². The van der Waals surface area contributed by atoms with E-state index >= 15 is 0 Å². The summed E-state index contributed by atoms with van der Waals surface area (Å²) in [5.74, 6) is -0.701. The second-order valence-electron chi connectivity index (χ2n) is 6.79. The standard InChI is InChI=1S/C18H17ClN4O5/c19-12-5-3-4-11(8-12)15-20-13(28-22-15)10-27-14(24)9-23-16(25)18(21-17(23)26)6-1-2-7-18/h3-5,8H,1-2,6-7,9-10H2,(H,21,26). The van der Waals surface area contributed by atoms with Gasteiger partial charge in [-0.05, 0) is 25.0 Å². The van der Waals surface area contributed by atoms with E-state index in [4.69, 9.17) is 20.9 Å². The van der Waals surface area contributed by atoms with Gasteiger partial charge in [0.1, 0.15) is 12.1 Å². The summed E-state index contributed by atoms with van der Waals surface area (Å²) in [6.45, 7) is -0.719. The van der Waals surface area contributed by atoms with Crippen LogP contribution in [0.1, 0.15) is 31.6 Å². The largest absolute Gasteiger partial charge is 0.454 e. The van der Waals surface area contributed by atoms with Gasteiger partial charge in [-0.15, -0.1) is 0 Å². The van der Waals surface area contributed by atoms with Crippen molar-refractivity contribution in [2.24, 2.45) is 0 Å². The fourth-order valence-electron chi connectivity index (χ4n) is 3.51. The third-order valence-electron chi connectivity index (χ3n) is 4.90. The Bertz CT molecular complexity index is 938. The molecule has 9 nitrogen and oxygen atoms in total. The Morgan fingerprint density at radius 1 is 1.32 bits per heavy atom. The second kappa shape index (κ2) is 7.23. The molecule has 146 valence electrons. The number of esters is 1. The molecule has 1 aliphatic carbocycles. The molecule has 0 unspecified atom stereocenters. The number of halogens is 1. The first-order valence-electron chi connectivity index (χ1n) is 8.85. The van der Waals surface area contributed by atoms with Gasteiger partial charge in [-0.3, -0.25) is 14.5 Å². The van der Waals surface area contributed by atoms with E-state index in [9.17, 15) is 14.4 Å². The summed E-state index contributed by atoms with van der Waals surface area (Å²) in [6.07, 6.45) is 2.93. The zero-order chi connectivity index (χ0) is 19.7. The number of aromatic nitrogens is 2. The lowest BCUT2D eigenvalue weighted by Crippen LogP contribution is -2.44. The fraction of sp³-hybridized carbons (Fsp3) is 0.389. The summed E-state index contributed by atoms with van der Waals surface area (Å²) >= 11 is 5.93. The number of benzene rings is 1. The molecule has 1 saturated heterocycles. The highest BCUT2D eigenvalue weighted by Crippen LogP contribution is 2.34. The molecular formula is C18H17ClN4O5. The Kier molecular flexibility index (Phi) is 4.76. The number of carbonyl (C=O) groups is 3. The first-order chi connectivity index (χ1) is 13.5. The Labute approximate surface area is 165 Å². The summed E-state index contributed by atoms with van der Waals surface area (Å²) < 4.78 is 10.1. The lowest BCUT2D eigenvalue weighted by Gasteiger charge is -2.19. The van der Waals surface area contributed by atoms with Crippen LogP contribution in [0.2, 0.25) is 5.02 Å². The van der Waals surface area contributed by atoms with Crippen molar-refractivity contribution < 1.29 is 23.6 Å². The predicted molar refractivity (Wildman–Crippen MR) is 96.0 cm³/mol. The summed E-state index contributed by atoms with van der Waals surface area (Å²) in [5.41, 5.74) is -0.189. The summed E-state index contributed by atoms with van der Waals surface area (Å²) in [6, 6.07) is 6.36. The molecule has 3 amide bonds. The molecule has 2 aromatic rings. The van der Waals surface area contributed by atoms with E-state index < -0.39 is 24.1 Å². The van der Waals surface area contributed by atoms with Gasteiger partial charge in [0.25, 0.3) is 11.8 Å². The van der Waals surface area contributed by atoms with E-state index in [1.807, 2.05) is 0 Å². The molecule has 1 aliphatic heterocycles. The average Bonchev–Trinajstić information content (AvgIpc) is 3.38. The highest BCUT2D eigenvalue weighted by molar-refractivity contribution is 6.30. The van der Waals surface area contributed by atoms with Crippen LogP contribution in [0.4, 0.5) is 4.79 Å². The number of hydrogen-bond donors (Lipinski definition) is 1. The number of carbonyl (C=O) groups excluding carboxylic acids is 3. The second-order valence-corrected chi connectivity index (χ2v) is 7.23. The smallest absolute Gasteiger partial charge is 0.326 e. The number of hydrogen-bond acceptors (Lipinski definition) is 7. The number of rotatable bonds is 5. The van der Waals surface area contributed by atoms with Crippen LogP contribution < -0.4 is 5.32 Å². The predicted octanol–water partition coefficient (Wildman–Crippen LogP) is 2.30. The number of ether oxygens (including phenoxy) is 1. The van der Waals surface area contributed by atoms with E-state index in [0.717, 1.165) is 17.7 Å². The van der Waals surface area contributed by atoms with Crippen LogP contribution in [0.3, 0.4) is 0 Å². The minimum absolute atomic E-state index is 0.0905. The van der Waals surface area contributed by atoms with Crippen LogP contribution in [0.5, 0.6) is 0 Å². The van der Waals surface area contributed by atoms with Gasteiger partial charge in [0.05, 0.1) is 0 Å². The maximum absolute atomic E-state index is 12.5. The number of nitrogens with one attached hydrogen (secondary N) is 1. The first-order valence-corrected chi connectivity index (χ1v) is 9.23. The SMILES string of the molecule is O=C(CN1C(=O)NC2(CCCC2)C1=O)OCc1nc(-c2cccc(Cl)c2)no1. The van der Waals surface area contributed by atoms with Crippen molar-refractivity contribution in [1.82, 2.24) is 20.4 Å². The topological polar surface area (TPSA) is 115 Å². The van der Waals surface area contributed by atoms with Crippen molar-refractivity contribution in [2.75, 3.05) is 6.54 Å². The lowest BCUT2D eigenvalue weighted by molar-refractivity contribution is -0.149. The van der Waals surface area contributed by atoms with Gasteiger partial charge in [-0.1, -0.05) is 41.7 Å². The van der Waals surface area contributed by atoms with Crippen molar-refractivity contribution in [1.29, 1.82) is 0 Å². The third-order valence-corrected chi connectivity index (χ3v) is 5.13. The normalized spacial score (nSPS) is 18.0.